The lowest BCUT2D eigenvalue weighted by Gasteiger charge is -2.42. The molecule has 0 spiro atoms. The molecule has 21 heavy (non-hydrogen) atoms. The molecule has 6 nitrogen and oxygen atoms in total. The molecular weight excluding hydrogens is 290 g/mol. The number of nitrogens with zero attached hydrogens (tertiary/aromatic N) is 3. The molecule has 2 atom stereocenters. The van der Waals surface area contributed by atoms with Crippen LogP contribution < -0.4 is 0 Å². The normalized spacial score (nSPS) is 26.8. The molecule has 1 saturated heterocycles. The van der Waals surface area contributed by atoms with Crippen LogP contribution in [0.2, 0.25) is 0 Å². The quantitative estimate of drug-likeness (QED) is 0.822. The maximum absolute atomic E-state index is 12.9. The number of rotatable bonds is 2. The second-order valence-corrected chi connectivity index (χ2v) is 7.20. The third-order valence-corrected chi connectivity index (χ3v) is 6.10. The van der Waals surface area contributed by atoms with Crippen molar-refractivity contribution in [3.8, 4) is 6.07 Å². The maximum atomic E-state index is 12.9. The van der Waals surface area contributed by atoms with E-state index in [4.69, 9.17) is 10.00 Å². The van der Waals surface area contributed by atoms with E-state index in [9.17, 15) is 8.42 Å². The van der Waals surface area contributed by atoms with Gasteiger partial charge in [-0.05, 0) is 25.0 Å². The lowest BCUT2D eigenvalue weighted by Crippen LogP contribution is -2.54. The summed E-state index contributed by atoms with van der Waals surface area (Å²) in [5.74, 6) is 0. The highest BCUT2D eigenvalue weighted by atomic mass is 32.2. The van der Waals surface area contributed by atoms with Gasteiger partial charge in [-0.15, -0.1) is 0 Å². The minimum Gasteiger partial charge on any atom is -0.375 e. The van der Waals surface area contributed by atoms with E-state index in [0.29, 0.717) is 13.2 Å². The number of hydrogen-bond donors (Lipinski definition) is 0. The minimum absolute atomic E-state index is 0.00118. The monoisotopic (exact) mass is 307 g/mol. The molecule has 2 fully saturated rings. The smallest absolute Gasteiger partial charge is 0.246 e. The number of hydrogen-bond acceptors (Lipinski definition) is 5. The van der Waals surface area contributed by atoms with Gasteiger partial charge in [-0.25, -0.2) is 13.4 Å². The van der Waals surface area contributed by atoms with Crippen molar-refractivity contribution in [1.82, 2.24) is 9.29 Å². The zero-order chi connectivity index (χ0) is 14.9. The maximum Gasteiger partial charge on any atom is 0.246 e. The van der Waals surface area contributed by atoms with Crippen molar-refractivity contribution in [1.29, 1.82) is 5.26 Å². The van der Waals surface area contributed by atoms with Crippen molar-refractivity contribution < 1.29 is 13.2 Å². The largest absolute Gasteiger partial charge is 0.375 e. The van der Waals surface area contributed by atoms with E-state index in [-0.39, 0.29) is 22.7 Å². The van der Waals surface area contributed by atoms with Crippen LogP contribution in [0.15, 0.2) is 23.2 Å². The fourth-order valence-corrected chi connectivity index (χ4v) is 4.93. The molecular formula is C14H17N3O3S. The lowest BCUT2D eigenvalue weighted by atomic mass is 9.91. The molecule has 7 heteroatoms. The molecule has 1 saturated carbocycles. The molecule has 1 aromatic heterocycles. The molecule has 0 unspecified atom stereocenters. The molecule has 1 aliphatic heterocycles. The van der Waals surface area contributed by atoms with Gasteiger partial charge in [-0.3, -0.25) is 0 Å². The fraction of sp³-hybridized carbons (Fsp3) is 0.571. The van der Waals surface area contributed by atoms with Gasteiger partial charge in [-0.1, -0.05) is 12.8 Å². The highest BCUT2D eigenvalue weighted by Gasteiger charge is 2.41. The van der Waals surface area contributed by atoms with E-state index >= 15 is 0 Å². The van der Waals surface area contributed by atoms with Crippen LogP contribution in [0.25, 0.3) is 0 Å². The second-order valence-electron chi connectivity index (χ2n) is 5.34. The van der Waals surface area contributed by atoms with Crippen molar-refractivity contribution in [2.75, 3.05) is 13.2 Å². The summed E-state index contributed by atoms with van der Waals surface area (Å²) in [7, 11) is -3.71. The van der Waals surface area contributed by atoms with Crippen LogP contribution in [0.5, 0.6) is 0 Å². The average Bonchev–Trinajstić information content (AvgIpc) is 2.54. The molecule has 0 N–H and O–H groups in total. The number of fused-ring (bicyclic) bond motifs is 1. The predicted molar refractivity (Wildman–Crippen MR) is 74.8 cm³/mol. The zero-order valence-corrected chi connectivity index (χ0v) is 12.4. The van der Waals surface area contributed by atoms with Crippen LogP contribution in [0.4, 0.5) is 0 Å². The van der Waals surface area contributed by atoms with Crippen LogP contribution in [0, 0.1) is 11.3 Å². The van der Waals surface area contributed by atoms with Gasteiger partial charge in [0.2, 0.25) is 10.0 Å². The topological polar surface area (TPSA) is 83.3 Å². The van der Waals surface area contributed by atoms with E-state index in [1.54, 1.807) is 6.07 Å². The summed E-state index contributed by atoms with van der Waals surface area (Å²) in [5, 5.41) is 9.09. The number of pyridine rings is 1. The third kappa shape index (κ3) is 2.55. The molecule has 1 aliphatic carbocycles. The molecule has 0 bridgehead atoms. The van der Waals surface area contributed by atoms with Crippen molar-refractivity contribution in [3.05, 3.63) is 24.0 Å². The molecule has 112 valence electrons. The van der Waals surface area contributed by atoms with Gasteiger partial charge in [-0.2, -0.15) is 9.57 Å². The first-order valence-corrected chi connectivity index (χ1v) is 8.57. The number of morpholine rings is 1. The summed E-state index contributed by atoms with van der Waals surface area (Å²) in [6.45, 7) is 0.742. The van der Waals surface area contributed by atoms with Crippen LogP contribution in [-0.4, -0.2) is 43.0 Å². The summed E-state index contributed by atoms with van der Waals surface area (Å²) in [4.78, 5) is 3.86. The highest BCUT2D eigenvalue weighted by molar-refractivity contribution is 7.89. The Labute approximate surface area is 124 Å². The van der Waals surface area contributed by atoms with E-state index < -0.39 is 10.0 Å². The average molecular weight is 307 g/mol. The first kappa shape index (κ1) is 14.4. The lowest BCUT2D eigenvalue weighted by molar-refractivity contribution is -0.0586. The number of sulfonamides is 1. The number of nitriles is 1. The summed E-state index contributed by atoms with van der Waals surface area (Å²) < 4.78 is 33.0. The Morgan fingerprint density at radius 1 is 1.38 bits per heavy atom. The Morgan fingerprint density at radius 2 is 2.19 bits per heavy atom. The van der Waals surface area contributed by atoms with Gasteiger partial charge < -0.3 is 4.74 Å². The van der Waals surface area contributed by atoms with Crippen LogP contribution >= 0.6 is 0 Å². The molecule has 0 amide bonds. The molecule has 0 radical (unpaired) electrons. The zero-order valence-electron chi connectivity index (χ0n) is 11.6. The van der Waals surface area contributed by atoms with Gasteiger partial charge in [0.05, 0.1) is 18.8 Å². The number of aromatic nitrogens is 1. The molecule has 2 aliphatic rings. The molecule has 0 aromatic carbocycles. The SMILES string of the molecule is N#Cc1ncccc1S(=O)(=O)N1CCO[C@@H]2CCCC[C@@H]21. The van der Waals surface area contributed by atoms with Gasteiger partial charge in [0, 0.05) is 12.7 Å². The Hall–Kier alpha value is -1.49. The molecule has 1 aromatic rings. The van der Waals surface area contributed by atoms with E-state index in [1.807, 2.05) is 6.07 Å². The standard InChI is InChI=1S/C14H17N3O3S/c15-10-11-14(6-3-7-16-11)21(18,19)17-8-9-20-13-5-2-1-4-12(13)17/h3,6-7,12-13H,1-2,4-5,8-9H2/t12-,13+/m0/s1. The van der Waals surface area contributed by atoms with Crippen LogP contribution in [0.3, 0.4) is 0 Å². The van der Waals surface area contributed by atoms with Crippen LogP contribution in [0.1, 0.15) is 31.4 Å². The summed E-state index contributed by atoms with van der Waals surface area (Å²) in [6.07, 6.45) is 5.20. The Balaban J connectivity index is 1.99. The van der Waals surface area contributed by atoms with Gasteiger partial charge >= 0.3 is 0 Å². The predicted octanol–water partition coefficient (Wildman–Crippen LogP) is 1.29. The third-order valence-electron chi connectivity index (χ3n) is 4.14. The van der Waals surface area contributed by atoms with E-state index in [1.165, 1.54) is 16.6 Å². The van der Waals surface area contributed by atoms with Crippen molar-refractivity contribution in [2.45, 2.75) is 42.7 Å². The number of ether oxygens (including phenoxy) is 1. The first-order valence-electron chi connectivity index (χ1n) is 7.13. The van der Waals surface area contributed by atoms with E-state index in [2.05, 4.69) is 4.98 Å². The van der Waals surface area contributed by atoms with Gasteiger partial charge in [0.25, 0.3) is 0 Å². The first-order chi connectivity index (χ1) is 10.1. The molecule has 3 rings (SSSR count). The Morgan fingerprint density at radius 3 is 3.00 bits per heavy atom. The Kier molecular flexibility index (Phi) is 3.93. The second kappa shape index (κ2) is 5.72. The summed E-state index contributed by atoms with van der Waals surface area (Å²) in [5.41, 5.74) is -0.0450. The van der Waals surface area contributed by atoms with Crippen molar-refractivity contribution in [3.63, 3.8) is 0 Å². The minimum atomic E-state index is -3.71. The summed E-state index contributed by atoms with van der Waals surface area (Å²) >= 11 is 0. The highest BCUT2D eigenvalue weighted by Crippen LogP contribution is 2.32. The van der Waals surface area contributed by atoms with E-state index in [0.717, 1.165) is 25.7 Å². The van der Waals surface area contributed by atoms with Crippen molar-refractivity contribution in [2.24, 2.45) is 0 Å². The Bertz CT molecular complexity index is 666. The fourth-order valence-electron chi connectivity index (χ4n) is 3.17. The van der Waals surface area contributed by atoms with Gasteiger partial charge in [0.1, 0.15) is 11.0 Å². The molecule has 2 heterocycles. The van der Waals surface area contributed by atoms with Crippen LogP contribution in [-0.2, 0) is 14.8 Å². The summed E-state index contributed by atoms with van der Waals surface area (Å²) in [6, 6.07) is 4.74. The van der Waals surface area contributed by atoms with Gasteiger partial charge in [0.15, 0.2) is 5.69 Å². The van der Waals surface area contributed by atoms with Crippen molar-refractivity contribution >= 4 is 10.0 Å².